The Morgan fingerprint density at radius 1 is 1.38 bits per heavy atom. The van der Waals surface area contributed by atoms with Crippen molar-refractivity contribution in [3.63, 3.8) is 0 Å². The van der Waals surface area contributed by atoms with Gasteiger partial charge in [-0.15, -0.1) is 0 Å². The van der Waals surface area contributed by atoms with Gasteiger partial charge in [0.1, 0.15) is 11.3 Å². The maximum Gasteiger partial charge on any atom is 0.134 e. The lowest BCUT2D eigenvalue weighted by molar-refractivity contribution is 0.0779. The number of nitrogens with one attached hydrogen (secondary N) is 1. The smallest absolute Gasteiger partial charge is 0.134 e. The Labute approximate surface area is 126 Å². The summed E-state index contributed by atoms with van der Waals surface area (Å²) in [6.07, 6.45) is 2.76. The summed E-state index contributed by atoms with van der Waals surface area (Å²) in [5, 5.41) is 4.52. The van der Waals surface area contributed by atoms with Crippen LogP contribution in [0.15, 0.2) is 34.7 Å². The molecule has 1 fully saturated rings. The van der Waals surface area contributed by atoms with Gasteiger partial charge in [-0.05, 0) is 39.1 Å². The molecule has 2 aromatic rings. The normalized spacial score (nSPS) is 20.4. The fraction of sp³-hybridized carbons (Fsp3) is 0.529. The van der Waals surface area contributed by atoms with E-state index in [1.165, 1.54) is 12.8 Å². The summed E-state index contributed by atoms with van der Waals surface area (Å²) in [6.45, 7) is 2.81. The van der Waals surface area contributed by atoms with Crippen molar-refractivity contribution in [1.29, 1.82) is 0 Å². The van der Waals surface area contributed by atoms with Crippen LogP contribution < -0.4 is 5.32 Å². The van der Waals surface area contributed by atoms with Crippen LogP contribution in [0.3, 0.4) is 0 Å². The van der Waals surface area contributed by atoms with Gasteiger partial charge >= 0.3 is 0 Å². The minimum atomic E-state index is 0.198. The number of rotatable bonds is 6. The molecule has 1 saturated heterocycles. The number of hydrogen-bond acceptors (Lipinski definition) is 4. The quantitative estimate of drug-likeness (QED) is 0.887. The van der Waals surface area contributed by atoms with Crippen LogP contribution in [0.1, 0.15) is 24.6 Å². The topological polar surface area (TPSA) is 37.6 Å². The molecule has 0 radical (unpaired) electrons. The number of benzene rings is 1. The summed E-state index contributed by atoms with van der Waals surface area (Å²) >= 11 is 0. The summed E-state index contributed by atoms with van der Waals surface area (Å²) in [5.74, 6) is 0.998. The fourth-order valence-electron chi connectivity index (χ4n) is 3.02. The highest BCUT2D eigenvalue weighted by molar-refractivity contribution is 5.77. The van der Waals surface area contributed by atoms with Gasteiger partial charge in [-0.25, -0.2) is 0 Å². The van der Waals surface area contributed by atoms with E-state index in [-0.39, 0.29) is 6.04 Å². The lowest BCUT2D eigenvalue weighted by Crippen LogP contribution is -2.35. The molecule has 1 N–H and O–H groups in total. The number of ether oxygens (including phenoxy) is 1. The summed E-state index contributed by atoms with van der Waals surface area (Å²) in [5.41, 5.74) is 0.953. The van der Waals surface area contributed by atoms with Gasteiger partial charge in [-0.2, -0.15) is 0 Å². The van der Waals surface area contributed by atoms with Gasteiger partial charge in [0.05, 0.1) is 12.1 Å². The Morgan fingerprint density at radius 3 is 2.95 bits per heavy atom. The molecule has 1 aromatic carbocycles. The first-order valence-electron chi connectivity index (χ1n) is 7.72. The maximum absolute atomic E-state index is 5.97. The van der Waals surface area contributed by atoms with Crippen molar-refractivity contribution in [2.75, 3.05) is 33.8 Å². The maximum atomic E-state index is 5.97. The molecule has 4 nitrogen and oxygen atoms in total. The molecule has 114 valence electrons. The average molecular weight is 288 g/mol. The van der Waals surface area contributed by atoms with Crippen LogP contribution in [0.2, 0.25) is 0 Å². The van der Waals surface area contributed by atoms with Crippen LogP contribution in [0.25, 0.3) is 11.0 Å². The van der Waals surface area contributed by atoms with Crippen LogP contribution in [-0.4, -0.2) is 44.8 Å². The molecule has 0 amide bonds. The Morgan fingerprint density at radius 2 is 2.24 bits per heavy atom. The first-order valence-corrected chi connectivity index (χ1v) is 7.72. The van der Waals surface area contributed by atoms with E-state index >= 15 is 0 Å². The third-order valence-electron chi connectivity index (χ3n) is 4.17. The molecular weight excluding hydrogens is 264 g/mol. The zero-order chi connectivity index (χ0) is 14.7. The van der Waals surface area contributed by atoms with Gasteiger partial charge in [0.2, 0.25) is 0 Å². The van der Waals surface area contributed by atoms with E-state index in [9.17, 15) is 0 Å². The van der Waals surface area contributed by atoms with E-state index in [2.05, 4.69) is 29.4 Å². The lowest BCUT2D eigenvalue weighted by atomic mass is 10.1. The second-order valence-electron chi connectivity index (χ2n) is 5.88. The summed E-state index contributed by atoms with van der Waals surface area (Å²) in [4.78, 5) is 2.32. The van der Waals surface area contributed by atoms with E-state index in [0.717, 1.165) is 36.4 Å². The fourth-order valence-corrected chi connectivity index (χ4v) is 3.02. The molecule has 1 aliphatic rings. The van der Waals surface area contributed by atoms with Gasteiger partial charge in [0, 0.05) is 25.1 Å². The van der Waals surface area contributed by atoms with Crippen LogP contribution in [0, 0.1) is 0 Å². The number of para-hydroxylation sites is 1. The van der Waals surface area contributed by atoms with Crippen LogP contribution >= 0.6 is 0 Å². The summed E-state index contributed by atoms with van der Waals surface area (Å²) in [6, 6.07) is 10.5. The number of nitrogens with zero attached hydrogens (tertiary/aromatic N) is 1. The van der Waals surface area contributed by atoms with Gasteiger partial charge in [0.15, 0.2) is 0 Å². The predicted molar refractivity (Wildman–Crippen MR) is 84.5 cm³/mol. The van der Waals surface area contributed by atoms with Gasteiger partial charge in [-0.3, -0.25) is 0 Å². The molecule has 2 heterocycles. The Hall–Kier alpha value is -1.36. The molecule has 2 atom stereocenters. The summed E-state index contributed by atoms with van der Waals surface area (Å²) < 4.78 is 11.7. The van der Waals surface area contributed by atoms with Crippen LogP contribution in [-0.2, 0) is 4.74 Å². The molecule has 2 unspecified atom stereocenters. The molecule has 0 spiro atoms. The second-order valence-corrected chi connectivity index (χ2v) is 5.88. The number of hydrogen-bond donors (Lipinski definition) is 1. The zero-order valence-corrected chi connectivity index (χ0v) is 12.8. The molecule has 0 aliphatic carbocycles. The van der Waals surface area contributed by atoms with E-state index in [1.807, 2.05) is 25.2 Å². The van der Waals surface area contributed by atoms with Crippen molar-refractivity contribution < 1.29 is 9.15 Å². The van der Waals surface area contributed by atoms with Gasteiger partial charge in [0.25, 0.3) is 0 Å². The van der Waals surface area contributed by atoms with Crippen molar-refractivity contribution in [2.45, 2.75) is 25.0 Å². The third kappa shape index (κ3) is 3.46. The van der Waals surface area contributed by atoms with E-state index in [0.29, 0.717) is 6.10 Å². The van der Waals surface area contributed by atoms with Crippen molar-refractivity contribution in [3.8, 4) is 0 Å². The molecule has 0 bridgehead atoms. The minimum Gasteiger partial charge on any atom is -0.459 e. The SMILES string of the molecule is CNC(CN(C)CC1CCCO1)c1cc2ccccc2o1. The number of furan rings is 1. The van der Waals surface area contributed by atoms with Crippen LogP contribution in [0.5, 0.6) is 0 Å². The first-order chi connectivity index (χ1) is 10.3. The number of likely N-dealkylation sites (N-methyl/N-ethyl adjacent to an activating group) is 2. The lowest BCUT2D eigenvalue weighted by Gasteiger charge is -2.24. The largest absolute Gasteiger partial charge is 0.459 e. The zero-order valence-electron chi connectivity index (χ0n) is 12.8. The highest BCUT2D eigenvalue weighted by Gasteiger charge is 2.21. The predicted octanol–water partition coefficient (Wildman–Crippen LogP) is 2.80. The van der Waals surface area contributed by atoms with Crippen molar-refractivity contribution in [1.82, 2.24) is 10.2 Å². The van der Waals surface area contributed by atoms with E-state index < -0.39 is 0 Å². The van der Waals surface area contributed by atoms with Crippen molar-refractivity contribution in [3.05, 3.63) is 36.1 Å². The summed E-state index contributed by atoms with van der Waals surface area (Å²) in [7, 11) is 4.13. The molecule has 0 saturated carbocycles. The van der Waals surface area contributed by atoms with E-state index in [4.69, 9.17) is 9.15 Å². The molecule has 4 heteroatoms. The third-order valence-corrected chi connectivity index (χ3v) is 4.17. The molecular formula is C17H24N2O2. The van der Waals surface area contributed by atoms with Crippen molar-refractivity contribution >= 4 is 11.0 Å². The average Bonchev–Trinajstić information content (AvgIpc) is 3.13. The van der Waals surface area contributed by atoms with E-state index in [1.54, 1.807) is 0 Å². The Bertz CT molecular complexity index is 542. The number of fused-ring (bicyclic) bond motifs is 1. The molecule has 3 rings (SSSR count). The minimum absolute atomic E-state index is 0.198. The molecule has 1 aromatic heterocycles. The second kappa shape index (κ2) is 6.60. The highest BCUT2D eigenvalue weighted by atomic mass is 16.5. The van der Waals surface area contributed by atoms with Gasteiger partial charge in [-0.1, -0.05) is 18.2 Å². The standard InChI is InChI=1S/C17H24N2O2/c1-18-15(12-19(2)11-14-7-5-9-20-14)17-10-13-6-3-4-8-16(13)21-17/h3-4,6,8,10,14-15,18H,5,7,9,11-12H2,1-2H3. The van der Waals surface area contributed by atoms with Crippen LogP contribution in [0.4, 0.5) is 0 Å². The monoisotopic (exact) mass is 288 g/mol. The molecule has 1 aliphatic heterocycles. The van der Waals surface area contributed by atoms with Crippen molar-refractivity contribution in [2.24, 2.45) is 0 Å². The highest BCUT2D eigenvalue weighted by Crippen LogP contribution is 2.24. The Kier molecular flexibility index (Phi) is 4.58. The Balaban J connectivity index is 1.66. The first kappa shape index (κ1) is 14.6. The van der Waals surface area contributed by atoms with Gasteiger partial charge < -0.3 is 19.4 Å². The molecule has 21 heavy (non-hydrogen) atoms.